The summed E-state index contributed by atoms with van der Waals surface area (Å²) < 4.78 is 11.7. The third kappa shape index (κ3) is 4.12. The lowest BCUT2D eigenvalue weighted by molar-refractivity contribution is 0.185. The first-order valence-corrected chi connectivity index (χ1v) is 7.55. The summed E-state index contributed by atoms with van der Waals surface area (Å²) in [5, 5.41) is 3.55. The molecule has 0 saturated carbocycles. The average molecular weight is 338 g/mol. The molecule has 1 unspecified atom stereocenters. The fourth-order valence-electron chi connectivity index (χ4n) is 2.14. The van der Waals surface area contributed by atoms with Gasteiger partial charge in [0.2, 0.25) is 0 Å². The molecule has 0 aliphatic heterocycles. The van der Waals surface area contributed by atoms with E-state index < -0.39 is 0 Å². The normalized spacial score (nSPS) is 12.3. The number of methoxy groups -OCH3 is 1. The molecule has 1 heterocycles. The lowest BCUT2D eigenvalue weighted by Crippen LogP contribution is -2.17. The third-order valence-corrected chi connectivity index (χ3v) is 3.96. The van der Waals surface area contributed by atoms with E-state index in [0.29, 0.717) is 12.6 Å². The predicted octanol–water partition coefficient (Wildman–Crippen LogP) is 4.62. The van der Waals surface area contributed by atoms with Gasteiger partial charge in [-0.1, -0.05) is 22.0 Å². The van der Waals surface area contributed by atoms with Gasteiger partial charge < -0.3 is 14.5 Å². The fourth-order valence-corrected chi connectivity index (χ4v) is 2.62. The summed E-state index contributed by atoms with van der Waals surface area (Å²) in [6.45, 7) is 2.77. The topological polar surface area (TPSA) is 34.4 Å². The van der Waals surface area contributed by atoms with Gasteiger partial charge in [-0.2, -0.15) is 0 Å². The molecule has 1 aromatic carbocycles. The highest BCUT2D eigenvalue weighted by Crippen LogP contribution is 2.26. The van der Waals surface area contributed by atoms with Crippen LogP contribution in [0.2, 0.25) is 0 Å². The van der Waals surface area contributed by atoms with Crippen molar-refractivity contribution < 1.29 is 9.15 Å². The van der Waals surface area contributed by atoms with E-state index in [-0.39, 0.29) is 0 Å². The number of nitrogens with one attached hydrogen (secondary N) is 1. The molecule has 2 rings (SSSR count). The molecule has 1 atom stereocenters. The van der Waals surface area contributed by atoms with E-state index in [0.717, 1.165) is 34.3 Å². The van der Waals surface area contributed by atoms with Crippen LogP contribution in [-0.4, -0.2) is 13.2 Å². The Balaban J connectivity index is 1.96. The van der Waals surface area contributed by atoms with Crippen LogP contribution >= 0.6 is 15.9 Å². The van der Waals surface area contributed by atoms with Crippen LogP contribution in [0.15, 0.2) is 45.5 Å². The van der Waals surface area contributed by atoms with Crippen LogP contribution in [0.4, 0.5) is 5.69 Å². The summed E-state index contributed by atoms with van der Waals surface area (Å²) in [5.41, 5.74) is 2.27. The summed E-state index contributed by atoms with van der Waals surface area (Å²) >= 11 is 3.57. The fraction of sp³-hybridized carbons (Fsp3) is 0.375. The number of rotatable bonds is 7. The number of aryl methyl sites for hydroxylation is 1. The number of benzene rings is 1. The lowest BCUT2D eigenvalue weighted by atomic mass is 10.1. The van der Waals surface area contributed by atoms with Gasteiger partial charge in [-0.05, 0) is 37.6 Å². The molecular formula is C16H20BrNO2. The van der Waals surface area contributed by atoms with Crippen LogP contribution in [0.1, 0.15) is 24.7 Å². The van der Waals surface area contributed by atoms with E-state index in [9.17, 15) is 0 Å². The van der Waals surface area contributed by atoms with Crippen molar-refractivity contribution in [2.75, 3.05) is 12.4 Å². The third-order valence-electron chi connectivity index (χ3n) is 3.21. The maximum atomic E-state index is 5.36. The molecule has 0 bridgehead atoms. The zero-order valence-corrected chi connectivity index (χ0v) is 13.4. The van der Waals surface area contributed by atoms with Gasteiger partial charge in [-0.15, -0.1) is 0 Å². The van der Waals surface area contributed by atoms with E-state index in [4.69, 9.17) is 9.15 Å². The Morgan fingerprint density at radius 1 is 1.30 bits per heavy atom. The second-order valence-electron chi connectivity index (χ2n) is 4.86. The van der Waals surface area contributed by atoms with Crippen LogP contribution in [0.25, 0.3) is 0 Å². The summed E-state index contributed by atoms with van der Waals surface area (Å²) in [5.74, 6) is 1.03. The van der Waals surface area contributed by atoms with Crippen LogP contribution in [-0.2, 0) is 17.8 Å². The van der Waals surface area contributed by atoms with Crippen molar-refractivity contribution in [1.82, 2.24) is 0 Å². The van der Waals surface area contributed by atoms with Gasteiger partial charge in [0, 0.05) is 35.3 Å². The maximum Gasteiger partial charge on any atom is 0.103 e. The van der Waals surface area contributed by atoms with Crippen LogP contribution in [0, 0.1) is 0 Å². The number of hydrogen-bond acceptors (Lipinski definition) is 3. The SMILES string of the molecule is COCc1c(Br)cccc1NC(C)CCc1ccco1. The molecule has 0 aliphatic rings. The number of hydrogen-bond donors (Lipinski definition) is 1. The highest BCUT2D eigenvalue weighted by molar-refractivity contribution is 9.10. The molecular weight excluding hydrogens is 318 g/mol. The lowest BCUT2D eigenvalue weighted by Gasteiger charge is -2.18. The molecule has 0 fully saturated rings. The van der Waals surface area contributed by atoms with Gasteiger partial charge in [0.05, 0.1) is 12.9 Å². The molecule has 0 amide bonds. The van der Waals surface area contributed by atoms with Gasteiger partial charge in [-0.25, -0.2) is 0 Å². The smallest absolute Gasteiger partial charge is 0.103 e. The Labute approximate surface area is 128 Å². The minimum Gasteiger partial charge on any atom is -0.469 e. The van der Waals surface area contributed by atoms with Gasteiger partial charge in [0.15, 0.2) is 0 Å². The molecule has 20 heavy (non-hydrogen) atoms. The van der Waals surface area contributed by atoms with E-state index in [2.05, 4.69) is 34.2 Å². The highest BCUT2D eigenvalue weighted by Gasteiger charge is 2.10. The summed E-state index contributed by atoms with van der Waals surface area (Å²) in [6, 6.07) is 10.5. The minimum atomic E-state index is 0.366. The predicted molar refractivity (Wildman–Crippen MR) is 85.0 cm³/mol. The Morgan fingerprint density at radius 3 is 2.85 bits per heavy atom. The summed E-state index contributed by atoms with van der Waals surface area (Å²) in [7, 11) is 1.71. The van der Waals surface area contributed by atoms with Crippen molar-refractivity contribution in [1.29, 1.82) is 0 Å². The van der Waals surface area contributed by atoms with Crippen molar-refractivity contribution in [2.24, 2.45) is 0 Å². The van der Waals surface area contributed by atoms with Crippen LogP contribution < -0.4 is 5.32 Å². The summed E-state index contributed by atoms with van der Waals surface area (Å²) in [6.07, 6.45) is 3.68. The van der Waals surface area contributed by atoms with Crippen molar-refractivity contribution in [3.63, 3.8) is 0 Å². The van der Waals surface area contributed by atoms with E-state index in [1.165, 1.54) is 0 Å². The molecule has 2 aromatic rings. The molecule has 0 spiro atoms. The quantitative estimate of drug-likeness (QED) is 0.800. The maximum absolute atomic E-state index is 5.36. The standard InChI is InChI=1S/C16H20BrNO2/c1-12(8-9-13-5-4-10-20-13)18-16-7-3-6-15(17)14(16)11-19-2/h3-7,10,12,18H,8-9,11H2,1-2H3. The molecule has 0 radical (unpaired) electrons. The molecule has 0 saturated heterocycles. The highest BCUT2D eigenvalue weighted by atomic mass is 79.9. The monoisotopic (exact) mass is 337 g/mol. The van der Waals surface area contributed by atoms with E-state index in [1.807, 2.05) is 24.3 Å². The minimum absolute atomic E-state index is 0.366. The molecule has 108 valence electrons. The number of halogens is 1. The first-order chi connectivity index (χ1) is 9.70. The van der Waals surface area contributed by atoms with Crippen molar-refractivity contribution in [3.8, 4) is 0 Å². The first-order valence-electron chi connectivity index (χ1n) is 6.76. The Hall–Kier alpha value is -1.26. The molecule has 1 N–H and O–H groups in total. The average Bonchev–Trinajstić information content (AvgIpc) is 2.94. The number of ether oxygens (including phenoxy) is 1. The van der Waals surface area contributed by atoms with E-state index >= 15 is 0 Å². The Bertz CT molecular complexity index is 525. The number of furan rings is 1. The first kappa shape index (κ1) is 15.1. The number of anilines is 1. The molecule has 3 nitrogen and oxygen atoms in total. The van der Waals surface area contributed by atoms with Crippen molar-refractivity contribution in [2.45, 2.75) is 32.4 Å². The molecule has 0 aliphatic carbocycles. The van der Waals surface area contributed by atoms with Crippen molar-refractivity contribution >= 4 is 21.6 Å². The van der Waals surface area contributed by atoms with Gasteiger partial charge >= 0.3 is 0 Å². The van der Waals surface area contributed by atoms with Gasteiger partial charge in [-0.3, -0.25) is 0 Å². The van der Waals surface area contributed by atoms with E-state index in [1.54, 1.807) is 13.4 Å². The van der Waals surface area contributed by atoms with Crippen LogP contribution in [0.3, 0.4) is 0 Å². The van der Waals surface area contributed by atoms with Crippen LogP contribution in [0.5, 0.6) is 0 Å². The largest absolute Gasteiger partial charge is 0.469 e. The second kappa shape index (κ2) is 7.50. The van der Waals surface area contributed by atoms with Crippen molar-refractivity contribution in [3.05, 3.63) is 52.4 Å². The molecule has 1 aromatic heterocycles. The Kier molecular flexibility index (Phi) is 5.68. The van der Waals surface area contributed by atoms with Gasteiger partial charge in [0.1, 0.15) is 5.76 Å². The summed E-state index contributed by atoms with van der Waals surface area (Å²) in [4.78, 5) is 0. The van der Waals surface area contributed by atoms with Gasteiger partial charge in [0.25, 0.3) is 0 Å². The molecule has 4 heteroatoms. The zero-order valence-electron chi connectivity index (χ0n) is 11.9. The second-order valence-corrected chi connectivity index (χ2v) is 5.72. The Morgan fingerprint density at radius 2 is 2.15 bits per heavy atom. The zero-order chi connectivity index (χ0) is 14.4.